The van der Waals surface area contributed by atoms with Crippen LogP contribution in [0, 0.1) is 0 Å². The number of fused-ring (bicyclic) bond motifs is 1. The van der Waals surface area contributed by atoms with E-state index in [1.54, 1.807) is 31.4 Å². The molecule has 1 fully saturated rings. The fraction of sp³-hybridized carbons (Fsp3) is 0.588. The highest BCUT2D eigenvalue weighted by Gasteiger charge is 2.36. The van der Waals surface area contributed by atoms with Gasteiger partial charge in [0.2, 0.25) is 5.91 Å². The molecule has 0 radical (unpaired) electrons. The summed E-state index contributed by atoms with van der Waals surface area (Å²) in [7, 11) is -1.58. The lowest BCUT2D eigenvalue weighted by atomic mass is 9.90. The SMILES string of the molecule is CO[C@@H]1CCCC[C@H]1NC(=O)[C@@H]1CCS(=O)(=O)c2ccccc21. The normalized spacial score (nSPS) is 29.5. The molecule has 1 N–H and O–H groups in total. The van der Waals surface area contributed by atoms with Crippen molar-refractivity contribution in [3.63, 3.8) is 0 Å². The standard InChI is InChI=1S/C17H23NO4S/c1-22-15-8-4-3-7-14(15)18-17(19)13-10-11-23(20,21)16-9-5-2-6-12(13)16/h2,5-6,9,13-15H,3-4,7-8,10-11H2,1H3,(H,18,19)/t13-,14-,15-/m1/s1. The molecule has 126 valence electrons. The number of methoxy groups -OCH3 is 1. The minimum atomic E-state index is -3.26. The lowest BCUT2D eigenvalue weighted by Gasteiger charge is -2.33. The molecule has 3 rings (SSSR count). The van der Waals surface area contributed by atoms with Crippen molar-refractivity contribution in [2.24, 2.45) is 0 Å². The summed E-state index contributed by atoms with van der Waals surface area (Å²) in [5.74, 6) is -0.448. The Labute approximate surface area is 137 Å². The molecule has 0 aromatic heterocycles. The molecule has 1 aromatic rings. The van der Waals surface area contributed by atoms with Crippen LogP contribution in [0.3, 0.4) is 0 Å². The molecule has 3 atom stereocenters. The predicted octanol–water partition coefficient (Wildman–Crippen LogP) is 2.02. The maximum absolute atomic E-state index is 12.7. The molecule has 0 bridgehead atoms. The van der Waals surface area contributed by atoms with E-state index in [4.69, 9.17) is 4.74 Å². The molecule has 1 saturated carbocycles. The van der Waals surface area contributed by atoms with E-state index in [1.165, 1.54) is 0 Å². The second-order valence-corrected chi connectivity index (χ2v) is 8.45. The number of rotatable bonds is 3. The van der Waals surface area contributed by atoms with Gasteiger partial charge in [0.05, 0.1) is 28.7 Å². The van der Waals surface area contributed by atoms with Crippen LogP contribution in [0.1, 0.15) is 43.6 Å². The molecule has 1 aliphatic carbocycles. The molecule has 1 heterocycles. The third-order valence-corrected chi connectivity index (χ3v) is 6.77. The smallest absolute Gasteiger partial charge is 0.227 e. The Morgan fingerprint density at radius 1 is 1.17 bits per heavy atom. The quantitative estimate of drug-likeness (QED) is 0.916. The molecule has 6 heteroatoms. The monoisotopic (exact) mass is 337 g/mol. The Bertz CT molecular complexity index is 686. The third-order valence-electron chi connectivity index (χ3n) is 4.95. The Hall–Kier alpha value is -1.40. The zero-order valence-electron chi connectivity index (χ0n) is 13.3. The molecule has 1 aromatic carbocycles. The van der Waals surface area contributed by atoms with E-state index in [0.717, 1.165) is 25.7 Å². The topological polar surface area (TPSA) is 72.5 Å². The zero-order chi connectivity index (χ0) is 16.4. The van der Waals surface area contributed by atoms with Crippen LogP contribution in [0.2, 0.25) is 0 Å². The molecule has 0 spiro atoms. The third kappa shape index (κ3) is 3.28. The zero-order valence-corrected chi connectivity index (χ0v) is 14.1. The molecule has 5 nitrogen and oxygen atoms in total. The number of ether oxygens (including phenoxy) is 1. The fourth-order valence-electron chi connectivity index (χ4n) is 3.69. The Kier molecular flexibility index (Phi) is 4.73. The maximum atomic E-state index is 12.7. The first-order chi connectivity index (χ1) is 11.0. The summed E-state index contributed by atoms with van der Waals surface area (Å²) in [4.78, 5) is 13.0. The Balaban J connectivity index is 1.80. The molecule has 0 unspecified atom stereocenters. The fourth-order valence-corrected chi connectivity index (χ4v) is 5.31. The predicted molar refractivity (Wildman–Crippen MR) is 87.0 cm³/mol. The highest BCUT2D eigenvalue weighted by atomic mass is 32.2. The second kappa shape index (κ2) is 6.61. The van der Waals surface area contributed by atoms with Crippen molar-refractivity contribution in [1.82, 2.24) is 5.32 Å². The summed E-state index contributed by atoms with van der Waals surface area (Å²) in [6.45, 7) is 0. The van der Waals surface area contributed by atoms with E-state index >= 15 is 0 Å². The van der Waals surface area contributed by atoms with Crippen molar-refractivity contribution in [1.29, 1.82) is 0 Å². The summed E-state index contributed by atoms with van der Waals surface area (Å²) < 4.78 is 29.8. The van der Waals surface area contributed by atoms with Gasteiger partial charge in [-0.2, -0.15) is 0 Å². The number of amides is 1. The van der Waals surface area contributed by atoms with Crippen LogP contribution in [-0.4, -0.2) is 39.3 Å². The van der Waals surface area contributed by atoms with Gasteiger partial charge in [0.1, 0.15) is 0 Å². The number of benzene rings is 1. The van der Waals surface area contributed by atoms with Crippen LogP contribution in [0.25, 0.3) is 0 Å². The van der Waals surface area contributed by atoms with Crippen LogP contribution >= 0.6 is 0 Å². The van der Waals surface area contributed by atoms with Crippen molar-refractivity contribution in [2.45, 2.75) is 55.1 Å². The van der Waals surface area contributed by atoms with Crippen LogP contribution in [0.5, 0.6) is 0 Å². The minimum absolute atomic E-state index is 0.0203. The van der Waals surface area contributed by atoms with Crippen molar-refractivity contribution in [2.75, 3.05) is 12.9 Å². The van der Waals surface area contributed by atoms with E-state index in [1.807, 2.05) is 0 Å². The van der Waals surface area contributed by atoms with Gasteiger partial charge < -0.3 is 10.1 Å². The Morgan fingerprint density at radius 2 is 1.91 bits per heavy atom. The van der Waals surface area contributed by atoms with Gasteiger partial charge in [0.15, 0.2) is 9.84 Å². The average Bonchev–Trinajstić information content (AvgIpc) is 2.55. The summed E-state index contributed by atoms with van der Waals surface area (Å²) in [5, 5.41) is 3.10. The van der Waals surface area contributed by atoms with E-state index in [-0.39, 0.29) is 23.8 Å². The first-order valence-electron chi connectivity index (χ1n) is 8.18. The molecule has 1 aliphatic heterocycles. The number of hydrogen-bond acceptors (Lipinski definition) is 4. The van der Waals surface area contributed by atoms with E-state index in [2.05, 4.69) is 5.32 Å². The lowest BCUT2D eigenvalue weighted by molar-refractivity contribution is -0.124. The van der Waals surface area contributed by atoms with Gasteiger partial charge >= 0.3 is 0 Å². The first kappa shape index (κ1) is 16.5. The highest BCUT2D eigenvalue weighted by molar-refractivity contribution is 7.91. The van der Waals surface area contributed by atoms with Crippen LogP contribution in [0.4, 0.5) is 0 Å². The number of hydrogen-bond donors (Lipinski definition) is 1. The van der Waals surface area contributed by atoms with Gasteiger partial charge in [-0.3, -0.25) is 4.79 Å². The number of nitrogens with one attached hydrogen (secondary N) is 1. The van der Waals surface area contributed by atoms with Crippen molar-refractivity contribution in [3.05, 3.63) is 29.8 Å². The van der Waals surface area contributed by atoms with Crippen LogP contribution in [0.15, 0.2) is 29.2 Å². The number of carbonyl (C=O) groups is 1. The first-order valence-corrected chi connectivity index (χ1v) is 9.83. The summed E-state index contributed by atoms with van der Waals surface area (Å²) >= 11 is 0. The largest absolute Gasteiger partial charge is 0.379 e. The molecular weight excluding hydrogens is 314 g/mol. The van der Waals surface area contributed by atoms with Crippen molar-refractivity contribution in [3.8, 4) is 0 Å². The number of carbonyl (C=O) groups excluding carboxylic acids is 1. The summed E-state index contributed by atoms with van der Waals surface area (Å²) in [6, 6.07) is 6.87. The molecule has 2 aliphatic rings. The molecular formula is C17H23NO4S. The summed E-state index contributed by atoms with van der Waals surface area (Å²) in [5.41, 5.74) is 0.626. The van der Waals surface area contributed by atoms with Crippen molar-refractivity contribution < 1.29 is 17.9 Å². The minimum Gasteiger partial charge on any atom is -0.379 e. The van der Waals surface area contributed by atoms with Gasteiger partial charge in [-0.05, 0) is 30.9 Å². The van der Waals surface area contributed by atoms with Gasteiger partial charge in [-0.1, -0.05) is 31.0 Å². The van der Waals surface area contributed by atoms with Crippen LogP contribution in [-0.2, 0) is 19.4 Å². The van der Waals surface area contributed by atoms with E-state index in [9.17, 15) is 13.2 Å². The highest BCUT2D eigenvalue weighted by Crippen LogP contribution is 2.34. The lowest BCUT2D eigenvalue weighted by Crippen LogP contribution is -2.48. The van der Waals surface area contributed by atoms with Gasteiger partial charge in [0, 0.05) is 7.11 Å². The van der Waals surface area contributed by atoms with Gasteiger partial charge in [-0.25, -0.2) is 8.42 Å². The maximum Gasteiger partial charge on any atom is 0.227 e. The molecule has 1 amide bonds. The van der Waals surface area contributed by atoms with Gasteiger partial charge in [-0.15, -0.1) is 0 Å². The van der Waals surface area contributed by atoms with Crippen LogP contribution < -0.4 is 5.32 Å². The van der Waals surface area contributed by atoms with E-state index < -0.39 is 15.8 Å². The molecule has 23 heavy (non-hydrogen) atoms. The van der Waals surface area contributed by atoms with Gasteiger partial charge in [0.25, 0.3) is 0 Å². The summed E-state index contributed by atoms with van der Waals surface area (Å²) in [6.07, 6.45) is 4.47. The van der Waals surface area contributed by atoms with Crippen molar-refractivity contribution >= 4 is 15.7 Å². The Morgan fingerprint density at radius 3 is 2.70 bits per heavy atom. The second-order valence-electron chi connectivity index (χ2n) is 6.37. The average molecular weight is 337 g/mol. The number of sulfone groups is 1. The molecule has 0 saturated heterocycles. The van der Waals surface area contributed by atoms with E-state index in [0.29, 0.717) is 16.9 Å².